The standard InChI is InChI=1S/C12H14FN3S/c13-11-4-2-1-3-9(11)5-6-15-12-16-8-10(7-14)17-12/h1-4,8H,5-7,14H2,(H,15,16). The monoisotopic (exact) mass is 251 g/mol. The van der Waals surface area contributed by atoms with E-state index in [1.807, 2.05) is 6.07 Å². The molecule has 0 bridgehead atoms. The van der Waals surface area contributed by atoms with E-state index in [1.165, 1.54) is 17.4 Å². The Morgan fingerprint density at radius 1 is 1.35 bits per heavy atom. The van der Waals surface area contributed by atoms with Crippen molar-refractivity contribution in [3.05, 3.63) is 46.7 Å². The van der Waals surface area contributed by atoms with Gasteiger partial charge in [-0.1, -0.05) is 18.2 Å². The minimum atomic E-state index is -0.156. The molecule has 1 aromatic heterocycles. The predicted molar refractivity (Wildman–Crippen MR) is 68.6 cm³/mol. The molecule has 90 valence electrons. The van der Waals surface area contributed by atoms with Crippen molar-refractivity contribution in [2.75, 3.05) is 11.9 Å². The van der Waals surface area contributed by atoms with Crippen molar-refractivity contribution in [2.24, 2.45) is 5.73 Å². The van der Waals surface area contributed by atoms with Crippen LogP contribution >= 0.6 is 11.3 Å². The molecule has 2 aromatic rings. The second-order valence-electron chi connectivity index (χ2n) is 3.60. The number of hydrogen-bond donors (Lipinski definition) is 2. The van der Waals surface area contributed by atoms with Gasteiger partial charge in [-0.25, -0.2) is 9.37 Å². The molecule has 17 heavy (non-hydrogen) atoms. The molecule has 2 rings (SSSR count). The first-order chi connectivity index (χ1) is 8.29. The Morgan fingerprint density at radius 2 is 2.18 bits per heavy atom. The lowest BCUT2D eigenvalue weighted by atomic mass is 10.1. The fourth-order valence-electron chi connectivity index (χ4n) is 1.49. The maximum absolute atomic E-state index is 13.3. The molecule has 0 aliphatic heterocycles. The fraction of sp³-hybridized carbons (Fsp3) is 0.250. The smallest absolute Gasteiger partial charge is 0.182 e. The topological polar surface area (TPSA) is 50.9 Å². The summed E-state index contributed by atoms with van der Waals surface area (Å²) in [6, 6.07) is 6.81. The van der Waals surface area contributed by atoms with Gasteiger partial charge in [-0.05, 0) is 18.1 Å². The van der Waals surface area contributed by atoms with E-state index >= 15 is 0 Å². The zero-order valence-electron chi connectivity index (χ0n) is 9.32. The van der Waals surface area contributed by atoms with Gasteiger partial charge in [0.15, 0.2) is 5.13 Å². The Morgan fingerprint density at radius 3 is 2.88 bits per heavy atom. The number of anilines is 1. The van der Waals surface area contributed by atoms with E-state index in [-0.39, 0.29) is 5.82 Å². The SMILES string of the molecule is NCc1cnc(NCCc2ccccc2F)s1. The van der Waals surface area contributed by atoms with Gasteiger partial charge in [0.25, 0.3) is 0 Å². The molecule has 5 heteroatoms. The average molecular weight is 251 g/mol. The quantitative estimate of drug-likeness (QED) is 0.858. The third kappa shape index (κ3) is 3.25. The first-order valence-corrected chi connectivity index (χ1v) is 6.23. The molecule has 0 aliphatic rings. The summed E-state index contributed by atoms with van der Waals surface area (Å²) in [5.41, 5.74) is 6.21. The van der Waals surface area contributed by atoms with E-state index in [0.717, 1.165) is 15.6 Å². The molecule has 3 N–H and O–H groups in total. The number of aromatic nitrogens is 1. The highest BCUT2D eigenvalue weighted by atomic mass is 32.1. The largest absolute Gasteiger partial charge is 0.361 e. The lowest BCUT2D eigenvalue weighted by Gasteiger charge is -2.03. The van der Waals surface area contributed by atoms with Gasteiger partial charge in [-0.2, -0.15) is 0 Å². The Kier molecular flexibility index (Phi) is 4.06. The van der Waals surface area contributed by atoms with Crippen LogP contribution in [0.3, 0.4) is 0 Å². The highest BCUT2D eigenvalue weighted by molar-refractivity contribution is 7.15. The van der Waals surface area contributed by atoms with Crippen molar-refractivity contribution in [1.82, 2.24) is 4.98 Å². The minimum absolute atomic E-state index is 0.156. The number of benzene rings is 1. The van der Waals surface area contributed by atoms with E-state index in [4.69, 9.17) is 5.73 Å². The van der Waals surface area contributed by atoms with Gasteiger partial charge in [-0.3, -0.25) is 0 Å². The molecule has 1 heterocycles. The molecule has 0 fully saturated rings. The van der Waals surface area contributed by atoms with Crippen LogP contribution in [-0.2, 0) is 13.0 Å². The van der Waals surface area contributed by atoms with Gasteiger partial charge in [0.1, 0.15) is 5.82 Å². The van der Waals surface area contributed by atoms with Crippen molar-refractivity contribution in [3.63, 3.8) is 0 Å². The lowest BCUT2D eigenvalue weighted by Crippen LogP contribution is -2.05. The second kappa shape index (κ2) is 5.75. The first kappa shape index (κ1) is 12.0. The maximum Gasteiger partial charge on any atom is 0.182 e. The summed E-state index contributed by atoms with van der Waals surface area (Å²) < 4.78 is 13.3. The van der Waals surface area contributed by atoms with Gasteiger partial charge >= 0.3 is 0 Å². The second-order valence-corrected chi connectivity index (χ2v) is 4.72. The predicted octanol–water partition coefficient (Wildman–Crippen LogP) is 2.40. The minimum Gasteiger partial charge on any atom is -0.361 e. The van der Waals surface area contributed by atoms with Crippen molar-refractivity contribution in [2.45, 2.75) is 13.0 Å². The van der Waals surface area contributed by atoms with Gasteiger partial charge in [0, 0.05) is 24.2 Å². The van der Waals surface area contributed by atoms with Gasteiger partial charge < -0.3 is 11.1 Å². The van der Waals surface area contributed by atoms with Crippen LogP contribution in [0.4, 0.5) is 9.52 Å². The van der Waals surface area contributed by atoms with Crippen LogP contribution in [0.15, 0.2) is 30.5 Å². The Balaban J connectivity index is 1.85. The number of thiazole rings is 1. The molecule has 0 spiro atoms. The average Bonchev–Trinajstić information content (AvgIpc) is 2.80. The Bertz CT molecular complexity index is 484. The maximum atomic E-state index is 13.3. The van der Waals surface area contributed by atoms with Crippen LogP contribution in [0.5, 0.6) is 0 Å². The Labute approximate surface area is 103 Å². The number of nitrogens with one attached hydrogen (secondary N) is 1. The molecule has 0 aliphatic carbocycles. The summed E-state index contributed by atoms with van der Waals surface area (Å²) in [7, 11) is 0. The molecule has 0 saturated heterocycles. The van der Waals surface area contributed by atoms with Gasteiger partial charge in [0.2, 0.25) is 0 Å². The molecular weight excluding hydrogens is 237 g/mol. The lowest BCUT2D eigenvalue weighted by molar-refractivity contribution is 0.610. The molecule has 0 atom stereocenters. The number of hydrogen-bond acceptors (Lipinski definition) is 4. The third-order valence-electron chi connectivity index (χ3n) is 2.38. The summed E-state index contributed by atoms with van der Waals surface area (Å²) in [4.78, 5) is 5.21. The summed E-state index contributed by atoms with van der Waals surface area (Å²) >= 11 is 1.53. The van der Waals surface area contributed by atoms with E-state index in [0.29, 0.717) is 19.5 Å². The van der Waals surface area contributed by atoms with Crippen molar-refractivity contribution >= 4 is 16.5 Å². The first-order valence-electron chi connectivity index (χ1n) is 5.41. The van der Waals surface area contributed by atoms with Crippen LogP contribution < -0.4 is 11.1 Å². The highest BCUT2D eigenvalue weighted by Crippen LogP contribution is 2.17. The van der Waals surface area contributed by atoms with Crippen LogP contribution in [0.25, 0.3) is 0 Å². The molecule has 3 nitrogen and oxygen atoms in total. The summed E-state index contributed by atoms with van der Waals surface area (Å²) in [5.74, 6) is -0.156. The van der Waals surface area contributed by atoms with Crippen LogP contribution in [-0.4, -0.2) is 11.5 Å². The van der Waals surface area contributed by atoms with Crippen LogP contribution in [0.1, 0.15) is 10.4 Å². The van der Waals surface area contributed by atoms with E-state index in [9.17, 15) is 4.39 Å². The molecule has 0 unspecified atom stereocenters. The zero-order chi connectivity index (χ0) is 12.1. The van der Waals surface area contributed by atoms with E-state index in [1.54, 1.807) is 18.3 Å². The number of halogens is 1. The molecule has 0 amide bonds. The normalized spacial score (nSPS) is 10.5. The molecular formula is C12H14FN3S. The molecule has 0 saturated carbocycles. The molecule has 1 aromatic carbocycles. The molecule has 0 radical (unpaired) electrons. The van der Waals surface area contributed by atoms with Crippen LogP contribution in [0.2, 0.25) is 0 Å². The van der Waals surface area contributed by atoms with Crippen molar-refractivity contribution in [1.29, 1.82) is 0 Å². The van der Waals surface area contributed by atoms with Gasteiger partial charge in [0.05, 0.1) is 0 Å². The summed E-state index contributed by atoms with van der Waals surface area (Å²) in [6.45, 7) is 1.17. The highest BCUT2D eigenvalue weighted by Gasteiger charge is 2.02. The van der Waals surface area contributed by atoms with Crippen LogP contribution in [0, 0.1) is 5.82 Å². The van der Waals surface area contributed by atoms with Gasteiger partial charge in [-0.15, -0.1) is 11.3 Å². The summed E-state index contributed by atoms with van der Waals surface area (Å²) in [6.07, 6.45) is 2.40. The zero-order valence-corrected chi connectivity index (χ0v) is 10.1. The van der Waals surface area contributed by atoms with Crippen molar-refractivity contribution < 1.29 is 4.39 Å². The third-order valence-corrected chi connectivity index (χ3v) is 3.36. The number of rotatable bonds is 5. The number of nitrogens with two attached hydrogens (primary N) is 1. The number of nitrogens with zero attached hydrogens (tertiary/aromatic N) is 1. The van der Waals surface area contributed by atoms with E-state index in [2.05, 4.69) is 10.3 Å². The Hall–Kier alpha value is -1.46. The van der Waals surface area contributed by atoms with Crippen molar-refractivity contribution in [3.8, 4) is 0 Å². The summed E-state index contributed by atoms with van der Waals surface area (Å²) in [5, 5.41) is 4.00. The fourth-order valence-corrected chi connectivity index (χ4v) is 2.21. The van der Waals surface area contributed by atoms with E-state index < -0.39 is 0 Å².